The van der Waals surface area contributed by atoms with Crippen LogP contribution in [0.5, 0.6) is 0 Å². The molecule has 0 bridgehead atoms. The molecule has 3 nitrogen and oxygen atoms in total. The van der Waals surface area contributed by atoms with Crippen molar-refractivity contribution in [2.75, 3.05) is 0 Å². The van der Waals surface area contributed by atoms with E-state index in [0.29, 0.717) is 0 Å². The Morgan fingerprint density at radius 1 is 1.15 bits per heavy atom. The van der Waals surface area contributed by atoms with Crippen LogP contribution in [0.1, 0.15) is 16.7 Å². The molecule has 0 radical (unpaired) electrons. The molecule has 2 aromatic heterocycles. The van der Waals surface area contributed by atoms with Crippen LogP contribution in [0.2, 0.25) is 0 Å². The van der Waals surface area contributed by atoms with Crippen molar-refractivity contribution < 1.29 is 0 Å². The van der Waals surface area contributed by atoms with E-state index in [9.17, 15) is 0 Å². The van der Waals surface area contributed by atoms with Gasteiger partial charge in [0, 0.05) is 31.2 Å². The second kappa shape index (κ2) is 6.03. The predicted molar refractivity (Wildman–Crippen MR) is 83.2 cm³/mol. The standard InChI is InChI=1S/C16H17N3S/c1-13-10-20-11-15(13)9-18-8-14-2-4-16(5-3-14)19-7-6-17-12-19/h2-7,10-12,18H,8-9H2,1H3. The van der Waals surface area contributed by atoms with Gasteiger partial charge in [0.2, 0.25) is 0 Å². The molecule has 2 heterocycles. The fourth-order valence-electron chi connectivity index (χ4n) is 2.11. The van der Waals surface area contributed by atoms with Crippen molar-refractivity contribution in [3.05, 3.63) is 70.4 Å². The maximum absolute atomic E-state index is 4.06. The molecule has 0 amide bonds. The maximum Gasteiger partial charge on any atom is 0.0991 e. The minimum atomic E-state index is 0.888. The third-order valence-electron chi connectivity index (χ3n) is 3.35. The van der Waals surface area contributed by atoms with Gasteiger partial charge in [0.15, 0.2) is 0 Å². The normalized spacial score (nSPS) is 10.8. The van der Waals surface area contributed by atoms with Crippen LogP contribution >= 0.6 is 11.3 Å². The van der Waals surface area contributed by atoms with Gasteiger partial charge >= 0.3 is 0 Å². The summed E-state index contributed by atoms with van der Waals surface area (Å²) in [6.45, 7) is 3.98. The van der Waals surface area contributed by atoms with Gasteiger partial charge in [-0.25, -0.2) is 4.98 Å². The van der Waals surface area contributed by atoms with E-state index in [0.717, 1.165) is 18.8 Å². The van der Waals surface area contributed by atoms with Crippen molar-refractivity contribution in [3.8, 4) is 5.69 Å². The summed E-state index contributed by atoms with van der Waals surface area (Å²) in [6, 6.07) is 8.55. The lowest BCUT2D eigenvalue weighted by Gasteiger charge is -2.07. The number of benzene rings is 1. The monoisotopic (exact) mass is 283 g/mol. The summed E-state index contributed by atoms with van der Waals surface area (Å²) in [5, 5.41) is 7.89. The van der Waals surface area contributed by atoms with Crippen molar-refractivity contribution in [2.45, 2.75) is 20.0 Å². The highest BCUT2D eigenvalue weighted by Gasteiger charge is 2.00. The van der Waals surface area contributed by atoms with E-state index in [2.05, 4.69) is 52.3 Å². The molecule has 0 unspecified atom stereocenters. The summed E-state index contributed by atoms with van der Waals surface area (Å²) < 4.78 is 2.01. The molecule has 1 N–H and O–H groups in total. The average molecular weight is 283 g/mol. The van der Waals surface area contributed by atoms with Crippen molar-refractivity contribution >= 4 is 11.3 Å². The molecule has 0 saturated carbocycles. The summed E-state index contributed by atoms with van der Waals surface area (Å²) in [6.07, 6.45) is 5.55. The average Bonchev–Trinajstić information content (AvgIpc) is 3.12. The Morgan fingerprint density at radius 2 is 2.00 bits per heavy atom. The number of nitrogens with one attached hydrogen (secondary N) is 1. The number of hydrogen-bond acceptors (Lipinski definition) is 3. The number of rotatable bonds is 5. The zero-order valence-corrected chi connectivity index (χ0v) is 12.2. The molecule has 0 atom stereocenters. The summed E-state index contributed by atoms with van der Waals surface area (Å²) >= 11 is 1.76. The molecule has 0 saturated heterocycles. The van der Waals surface area contributed by atoms with Gasteiger partial charge in [-0.15, -0.1) is 0 Å². The highest BCUT2D eigenvalue weighted by Crippen LogP contribution is 2.14. The first kappa shape index (κ1) is 13.1. The predicted octanol–water partition coefficient (Wildman–Crippen LogP) is 3.53. The molecular formula is C16H17N3S. The highest BCUT2D eigenvalue weighted by atomic mass is 32.1. The van der Waals surface area contributed by atoms with E-state index < -0.39 is 0 Å². The first-order valence-corrected chi connectivity index (χ1v) is 7.57. The smallest absolute Gasteiger partial charge is 0.0991 e. The second-order valence-corrected chi connectivity index (χ2v) is 5.56. The summed E-state index contributed by atoms with van der Waals surface area (Å²) in [7, 11) is 0. The number of nitrogens with zero attached hydrogens (tertiary/aromatic N) is 2. The van der Waals surface area contributed by atoms with Crippen molar-refractivity contribution in [2.24, 2.45) is 0 Å². The van der Waals surface area contributed by atoms with Gasteiger partial charge in [0.05, 0.1) is 6.33 Å². The van der Waals surface area contributed by atoms with Crippen LogP contribution in [-0.4, -0.2) is 9.55 Å². The fraction of sp³-hybridized carbons (Fsp3) is 0.188. The van der Waals surface area contributed by atoms with Crippen molar-refractivity contribution in [1.29, 1.82) is 0 Å². The van der Waals surface area contributed by atoms with Crippen LogP contribution in [0.4, 0.5) is 0 Å². The van der Waals surface area contributed by atoms with Gasteiger partial charge in [0.25, 0.3) is 0 Å². The summed E-state index contributed by atoms with van der Waals surface area (Å²) in [5.74, 6) is 0. The molecule has 0 aliphatic heterocycles. The zero-order chi connectivity index (χ0) is 13.8. The Kier molecular flexibility index (Phi) is 3.95. The van der Waals surface area contributed by atoms with Crippen LogP contribution < -0.4 is 5.32 Å². The third kappa shape index (κ3) is 2.98. The van der Waals surface area contributed by atoms with E-state index >= 15 is 0 Å². The van der Waals surface area contributed by atoms with Gasteiger partial charge in [-0.1, -0.05) is 12.1 Å². The largest absolute Gasteiger partial charge is 0.309 e. The lowest BCUT2D eigenvalue weighted by Crippen LogP contribution is -2.12. The highest BCUT2D eigenvalue weighted by molar-refractivity contribution is 7.08. The van der Waals surface area contributed by atoms with Crippen LogP contribution in [0.15, 0.2) is 53.7 Å². The SMILES string of the molecule is Cc1cscc1CNCc1ccc(-n2ccnc2)cc1. The Bertz CT molecular complexity index is 653. The molecule has 3 rings (SSSR count). The molecule has 0 fully saturated rings. The summed E-state index contributed by atoms with van der Waals surface area (Å²) in [4.78, 5) is 4.06. The third-order valence-corrected chi connectivity index (χ3v) is 4.26. The molecular weight excluding hydrogens is 266 g/mol. The van der Waals surface area contributed by atoms with Crippen molar-refractivity contribution in [1.82, 2.24) is 14.9 Å². The molecule has 0 aliphatic carbocycles. The van der Waals surface area contributed by atoms with E-state index in [4.69, 9.17) is 0 Å². The van der Waals surface area contributed by atoms with Crippen LogP contribution in [0, 0.1) is 6.92 Å². The number of hydrogen-bond donors (Lipinski definition) is 1. The van der Waals surface area contributed by atoms with Crippen LogP contribution in [0.25, 0.3) is 5.69 Å². The molecule has 0 spiro atoms. The van der Waals surface area contributed by atoms with Gasteiger partial charge in [0.1, 0.15) is 0 Å². The second-order valence-electron chi connectivity index (χ2n) is 4.82. The Labute approximate surface area is 122 Å². The van der Waals surface area contributed by atoms with Gasteiger partial charge < -0.3 is 9.88 Å². The Balaban J connectivity index is 1.57. The molecule has 0 aliphatic rings. The molecule has 20 heavy (non-hydrogen) atoms. The van der Waals surface area contributed by atoms with Crippen LogP contribution in [-0.2, 0) is 13.1 Å². The molecule has 4 heteroatoms. The van der Waals surface area contributed by atoms with Gasteiger partial charge in [-0.05, 0) is 46.5 Å². The van der Waals surface area contributed by atoms with Crippen molar-refractivity contribution in [3.63, 3.8) is 0 Å². The first-order valence-electron chi connectivity index (χ1n) is 6.62. The summed E-state index contributed by atoms with van der Waals surface area (Å²) in [5.41, 5.74) is 5.20. The van der Waals surface area contributed by atoms with E-state index in [1.54, 1.807) is 17.5 Å². The topological polar surface area (TPSA) is 29.9 Å². The fourth-order valence-corrected chi connectivity index (χ4v) is 2.96. The minimum absolute atomic E-state index is 0.888. The van der Waals surface area contributed by atoms with E-state index in [1.165, 1.54) is 16.7 Å². The molecule has 1 aromatic carbocycles. The van der Waals surface area contributed by atoms with Gasteiger partial charge in [-0.3, -0.25) is 0 Å². The maximum atomic E-state index is 4.06. The lowest BCUT2D eigenvalue weighted by atomic mass is 10.2. The first-order chi connectivity index (χ1) is 9.83. The van der Waals surface area contributed by atoms with Crippen LogP contribution in [0.3, 0.4) is 0 Å². The Hall–Kier alpha value is -1.91. The van der Waals surface area contributed by atoms with E-state index in [-0.39, 0.29) is 0 Å². The quantitative estimate of drug-likeness (QED) is 0.776. The number of thiophene rings is 1. The zero-order valence-electron chi connectivity index (χ0n) is 11.4. The number of aryl methyl sites for hydroxylation is 1. The number of imidazole rings is 1. The molecule has 102 valence electrons. The van der Waals surface area contributed by atoms with Gasteiger partial charge in [-0.2, -0.15) is 11.3 Å². The minimum Gasteiger partial charge on any atom is -0.309 e. The molecule has 3 aromatic rings. The lowest BCUT2D eigenvalue weighted by molar-refractivity contribution is 0.692. The van der Waals surface area contributed by atoms with E-state index in [1.807, 2.05) is 17.1 Å². The Morgan fingerprint density at radius 3 is 2.65 bits per heavy atom. The number of aromatic nitrogens is 2.